The van der Waals surface area contributed by atoms with Crippen LogP contribution in [0.3, 0.4) is 0 Å². The summed E-state index contributed by atoms with van der Waals surface area (Å²) in [7, 11) is 0. The molecule has 1 heterocycles. The zero-order valence-corrected chi connectivity index (χ0v) is 11.0. The highest BCUT2D eigenvalue weighted by atomic mass is 19.4. The Hall–Kier alpha value is -2.02. The molecule has 20 heavy (non-hydrogen) atoms. The SMILES string of the molecule is CCc1c(C)nc2ccc(OC(F)(F)F)cc2c1NN. The van der Waals surface area contributed by atoms with Gasteiger partial charge < -0.3 is 10.2 Å². The van der Waals surface area contributed by atoms with Gasteiger partial charge in [0.1, 0.15) is 5.75 Å². The first-order valence-electron chi connectivity index (χ1n) is 6.01. The second kappa shape index (κ2) is 5.16. The summed E-state index contributed by atoms with van der Waals surface area (Å²) in [4.78, 5) is 4.36. The Morgan fingerprint density at radius 3 is 2.60 bits per heavy atom. The first kappa shape index (κ1) is 14.4. The number of benzene rings is 1. The Balaban J connectivity index is 2.63. The fourth-order valence-corrected chi connectivity index (χ4v) is 2.20. The van der Waals surface area contributed by atoms with E-state index in [1.165, 1.54) is 18.2 Å². The fraction of sp³-hybridized carbons (Fsp3) is 0.308. The van der Waals surface area contributed by atoms with Crippen LogP contribution in [0.4, 0.5) is 18.9 Å². The number of hydrogen-bond acceptors (Lipinski definition) is 4. The van der Waals surface area contributed by atoms with Gasteiger partial charge in [-0.05, 0) is 37.1 Å². The molecule has 0 spiro atoms. The summed E-state index contributed by atoms with van der Waals surface area (Å²) in [6.07, 6.45) is -4.06. The van der Waals surface area contributed by atoms with Gasteiger partial charge in [-0.3, -0.25) is 10.8 Å². The topological polar surface area (TPSA) is 60.2 Å². The molecule has 108 valence electrons. The number of pyridine rings is 1. The van der Waals surface area contributed by atoms with Crippen LogP contribution in [0.15, 0.2) is 18.2 Å². The van der Waals surface area contributed by atoms with Crippen molar-refractivity contribution < 1.29 is 17.9 Å². The number of aromatic nitrogens is 1. The molecular weight excluding hydrogens is 271 g/mol. The molecular formula is C13H14F3N3O. The van der Waals surface area contributed by atoms with Gasteiger partial charge in [0.25, 0.3) is 0 Å². The van der Waals surface area contributed by atoms with Crippen molar-refractivity contribution in [1.82, 2.24) is 4.98 Å². The van der Waals surface area contributed by atoms with Crippen molar-refractivity contribution in [3.05, 3.63) is 29.5 Å². The van der Waals surface area contributed by atoms with Gasteiger partial charge in [-0.25, -0.2) is 0 Å². The maximum atomic E-state index is 12.3. The van der Waals surface area contributed by atoms with Crippen molar-refractivity contribution in [2.75, 3.05) is 5.43 Å². The van der Waals surface area contributed by atoms with Crippen LogP contribution in [0.25, 0.3) is 10.9 Å². The molecule has 0 unspecified atom stereocenters. The van der Waals surface area contributed by atoms with Crippen LogP contribution < -0.4 is 16.0 Å². The quantitative estimate of drug-likeness (QED) is 0.671. The molecule has 1 aromatic carbocycles. The third kappa shape index (κ3) is 2.77. The fourth-order valence-electron chi connectivity index (χ4n) is 2.20. The van der Waals surface area contributed by atoms with Gasteiger partial charge in [0.15, 0.2) is 0 Å². The Morgan fingerprint density at radius 2 is 2.05 bits per heavy atom. The maximum absolute atomic E-state index is 12.3. The van der Waals surface area contributed by atoms with Gasteiger partial charge >= 0.3 is 6.36 Å². The van der Waals surface area contributed by atoms with Crippen LogP contribution in [0.5, 0.6) is 5.75 Å². The van der Waals surface area contributed by atoms with Crippen molar-refractivity contribution in [3.63, 3.8) is 0 Å². The highest BCUT2D eigenvalue weighted by molar-refractivity contribution is 5.94. The number of fused-ring (bicyclic) bond motifs is 1. The summed E-state index contributed by atoms with van der Waals surface area (Å²) in [5.41, 5.74) is 5.33. The lowest BCUT2D eigenvalue weighted by molar-refractivity contribution is -0.274. The summed E-state index contributed by atoms with van der Waals surface area (Å²) in [5, 5.41) is 0.497. The van der Waals surface area contributed by atoms with E-state index < -0.39 is 6.36 Å². The number of alkyl halides is 3. The molecule has 0 saturated carbocycles. The molecule has 1 aromatic heterocycles. The number of hydrogen-bond donors (Lipinski definition) is 2. The highest BCUT2D eigenvalue weighted by Crippen LogP contribution is 2.32. The number of hydrazine groups is 1. The molecule has 0 bridgehead atoms. The third-order valence-electron chi connectivity index (χ3n) is 3.00. The van der Waals surface area contributed by atoms with E-state index in [-0.39, 0.29) is 5.75 Å². The lowest BCUT2D eigenvalue weighted by Gasteiger charge is -2.15. The number of nitrogens with two attached hydrogens (primary N) is 1. The smallest absolute Gasteiger partial charge is 0.406 e. The number of nitrogens with zero attached hydrogens (tertiary/aromatic N) is 1. The van der Waals surface area contributed by atoms with E-state index in [2.05, 4.69) is 15.1 Å². The Labute approximate surface area is 113 Å². The second-order valence-electron chi connectivity index (χ2n) is 4.28. The van der Waals surface area contributed by atoms with Crippen LogP contribution in [0, 0.1) is 6.92 Å². The molecule has 0 atom stereocenters. The number of halogens is 3. The van der Waals surface area contributed by atoms with Crippen molar-refractivity contribution in [2.24, 2.45) is 5.84 Å². The van der Waals surface area contributed by atoms with Gasteiger partial charge in [-0.1, -0.05) is 6.92 Å². The van der Waals surface area contributed by atoms with Crippen molar-refractivity contribution in [3.8, 4) is 5.75 Å². The number of nitrogen functional groups attached to an aromatic ring is 1. The molecule has 0 aliphatic heterocycles. The van der Waals surface area contributed by atoms with Gasteiger partial charge in [0.05, 0.1) is 11.2 Å². The minimum absolute atomic E-state index is 0.297. The Bertz CT molecular complexity index is 641. The van der Waals surface area contributed by atoms with E-state index in [0.717, 1.165) is 11.3 Å². The minimum atomic E-state index is -4.73. The molecule has 0 amide bonds. The number of ether oxygens (including phenoxy) is 1. The number of rotatable bonds is 3. The highest BCUT2D eigenvalue weighted by Gasteiger charge is 2.31. The summed E-state index contributed by atoms with van der Waals surface area (Å²) < 4.78 is 40.7. The summed E-state index contributed by atoms with van der Waals surface area (Å²) >= 11 is 0. The van der Waals surface area contributed by atoms with Gasteiger partial charge in [0, 0.05) is 11.1 Å². The van der Waals surface area contributed by atoms with Gasteiger partial charge in [-0.2, -0.15) is 0 Å². The summed E-state index contributed by atoms with van der Waals surface area (Å²) in [6, 6.07) is 3.99. The zero-order valence-electron chi connectivity index (χ0n) is 11.0. The van der Waals surface area contributed by atoms with E-state index in [4.69, 9.17) is 5.84 Å². The Morgan fingerprint density at radius 1 is 1.35 bits per heavy atom. The molecule has 2 aromatic rings. The molecule has 4 nitrogen and oxygen atoms in total. The van der Waals surface area contributed by atoms with E-state index >= 15 is 0 Å². The predicted octanol–water partition coefficient (Wildman–Crippen LogP) is 3.29. The normalized spacial score (nSPS) is 11.7. The molecule has 0 radical (unpaired) electrons. The predicted molar refractivity (Wildman–Crippen MR) is 70.4 cm³/mol. The lowest BCUT2D eigenvalue weighted by atomic mass is 10.0. The van der Waals surface area contributed by atoms with Gasteiger partial charge in [-0.15, -0.1) is 13.2 Å². The summed E-state index contributed by atoms with van der Waals surface area (Å²) in [5.74, 6) is 5.20. The standard InChI is InChI=1S/C13H14F3N3O/c1-3-9-7(2)18-11-5-4-8(20-13(14,15)16)6-10(11)12(9)19-17/h4-6H,3,17H2,1-2H3,(H,18,19). The number of aryl methyl sites for hydroxylation is 1. The molecule has 0 aliphatic carbocycles. The average molecular weight is 285 g/mol. The van der Waals surface area contributed by atoms with Crippen LogP contribution in [0.1, 0.15) is 18.2 Å². The molecule has 2 rings (SSSR count). The van der Waals surface area contributed by atoms with Gasteiger partial charge in [0.2, 0.25) is 0 Å². The van der Waals surface area contributed by atoms with E-state index in [9.17, 15) is 13.2 Å². The van der Waals surface area contributed by atoms with E-state index in [1.807, 2.05) is 13.8 Å². The number of anilines is 1. The average Bonchev–Trinajstić information content (AvgIpc) is 2.35. The second-order valence-corrected chi connectivity index (χ2v) is 4.28. The molecule has 3 N–H and O–H groups in total. The van der Waals surface area contributed by atoms with Crippen molar-refractivity contribution in [1.29, 1.82) is 0 Å². The Kier molecular flexibility index (Phi) is 3.71. The first-order chi connectivity index (χ1) is 9.35. The largest absolute Gasteiger partial charge is 0.573 e. The molecule has 0 saturated heterocycles. The first-order valence-corrected chi connectivity index (χ1v) is 6.01. The van der Waals surface area contributed by atoms with Crippen molar-refractivity contribution >= 4 is 16.6 Å². The van der Waals surface area contributed by atoms with Crippen LogP contribution in [-0.4, -0.2) is 11.3 Å². The van der Waals surface area contributed by atoms with Crippen LogP contribution in [-0.2, 0) is 6.42 Å². The van der Waals surface area contributed by atoms with E-state index in [0.29, 0.717) is 23.0 Å². The lowest BCUT2D eigenvalue weighted by Crippen LogP contribution is -2.17. The molecule has 0 aliphatic rings. The third-order valence-corrected chi connectivity index (χ3v) is 3.00. The molecule has 7 heteroatoms. The number of nitrogens with one attached hydrogen (secondary N) is 1. The van der Waals surface area contributed by atoms with E-state index in [1.54, 1.807) is 0 Å². The van der Waals surface area contributed by atoms with Crippen LogP contribution in [0.2, 0.25) is 0 Å². The zero-order chi connectivity index (χ0) is 14.9. The molecule has 0 fully saturated rings. The maximum Gasteiger partial charge on any atom is 0.573 e. The minimum Gasteiger partial charge on any atom is -0.406 e. The van der Waals surface area contributed by atoms with Crippen molar-refractivity contribution in [2.45, 2.75) is 26.6 Å². The van der Waals surface area contributed by atoms with Crippen LogP contribution >= 0.6 is 0 Å². The monoisotopic (exact) mass is 285 g/mol. The summed E-state index contributed by atoms with van der Waals surface area (Å²) in [6.45, 7) is 3.76.